The molecule has 0 aliphatic carbocycles. The number of nitrogens with zero attached hydrogens (tertiary/aromatic N) is 3. The lowest BCUT2D eigenvalue weighted by Crippen LogP contribution is -2.49. The summed E-state index contributed by atoms with van der Waals surface area (Å²) in [6.07, 6.45) is 0. The highest BCUT2D eigenvalue weighted by molar-refractivity contribution is 5.94. The number of rotatable bonds is 2. The first-order valence-corrected chi connectivity index (χ1v) is 7.58. The van der Waals surface area contributed by atoms with Crippen LogP contribution in [-0.2, 0) is 0 Å². The second kappa shape index (κ2) is 6.67. The van der Waals surface area contributed by atoms with Crippen LogP contribution in [0.2, 0.25) is 0 Å². The van der Waals surface area contributed by atoms with Crippen LogP contribution in [0.15, 0.2) is 42.5 Å². The van der Waals surface area contributed by atoms with E-state index in [0.717, 1.165) is 0 Å². The first-order chi connectivity index (χ1) is 11.6. The molecule has 0 saturated carbocycles. The lowest BCUT2D eigenvalue weighted by molar-refractivity contribution is 0.0742. The monoisotopic (exact) mass is 327 g/mol. The lowest BCUT2D eigenvalue weighted by Gasteiger charge is -2.36. The molecule has 1 aliphatic rings. The summed E-state index contributed by atoms with van der Waals surface area (Å²) in [6, 6.07) is 12.1. The van der Waals surface area contributed by atoms with Gasteiger partial charge in [0.2, 0.25) is 0 Å². The van der Waals surface area contributed by atoms with E-state index in [9.17, 15) is 13.6 Å². The van der Waals surface area contributed by atoms with E-state index in [4.69, 9.17) is 5.26 Å². The van der Waals surface area contributed by atoms with E-state index in [-0.39, 0.29) is 17.0 Å². The highest BCUT2D eigenvalue weighted by Crippen LogP contribution is 2.22. The molecule has 0 atom stereocenters. The molecule has 1 fully saturated rings. The average Bonchev–Trinajstić information content (AvgIpc) is 2.61. The lowest BCUT2D eigenvalue weighted by atomic mass is 10.1. The molecular formula is C18H15F2N3O. The van der Waals surface area contributed by atoms with Crippen molar-refractivity contribution in [1.29, 1.82) is 5.26 Å². The second-order valence-electron chi connectivity index (χ2n) is 5.54. The molecule has 24 heavy (non-hydrogen) atoms. The maximum atomic E-state index is 14.1. The molecule has 122 valence electrons. The van der Waals surface area contributed by atoms with E-state index in [1.165, 1.54) is 24.3 Å². The first-order valence-electron chi connectivity index (χ1n) is 7.58. The Morgan fingerprint density at radius 3 is 2.33 bits per heavy atom. The van der Waals surface area contributed by atoms with Crippen LogP contribution in [0.25, 0.3) is 0 Å². The highest BCUT2D eigenvalue weighted by atomic mass is 19.1. The quantitative estimate of drug-likeness (QED) is 0.852. The summed E-state index contributed by atoms with van der Waals surface area (Å²) in [4.78, 5) is 15.8. The minimum absolute atomic E-state index is 0.0514. The number of hydrogen-bond donors (Lipinski definition) is 0. The van der Waals surface area contributed by atoms with Gasteiger partial charge in [0, 0.05) is 26.2 Å². The van der Waals surface area contributed by atoms with Gasteiger partial charge in [-0.2, -0.15) is 5.26 Å². The smallest absolute Gasteiger partial charge is 0.256 e. The summed E-state index contributed by atoms with van der Waals surface area (Å²) < 4.78 is 27.8. The third-order valence-corrected chi connectivity index (χ3v) is 4.09. The normalized spacial score (nSPS) is 14.4. The second-order valence-corrected chi connectivity index (χ2v) is 5.54. The van der Waals surface area contributed by atoms with Crippen LogP contribution in [0.3, 0.4) is 0 Å². The SMILES string of the molecule is N#Cc1ccc(N2CCN(C(=O)c3ccccc3F)CC2)c(F)c1. The van der Waals surface area contributed by atoms with E-state index >= 15 is 0 Å². The van der Waals surface area contributed by atoms with Crippen molar-refractivity contribution in [3.8, 4) is 6.07 Å². The number of anilines is 1. The molecule has 0 N–H and O–H groups in total. The van der Waals surface area contributed by atoms with Crippen molar-refractivity contribution in [1.82, 2.24) is 4.90 Å². The van der Waals surface area contributed by atoms with Gasteiger partial charge in [-0.3, -0.25) is 4.79 Å². The largest absolute Gasteiger partial charge is 0.366 e. The molecule has 6 heteroatoms. The standard InChI is InChI=1S/C18H15F2N3O/c19-15-4-2-1-3-14(15)18(24)23-9-7-22(8-10-23)17-6-5-13(12-21)11-16(17)20/h1-6,11H,7-10H2. The summed E-state index contributed by atoms with van der Waals surface area (Å²) >= 11 is 0. The molecule has 0 radical (unpaired) electrons. The Bertz CT molecular complexity index is 808. The minimum Gasteiger partial charge on any atom is -0.366 e. The molecule has 0 unspecified atom stereocenters. The minimum atomic E-state index is -0.539. The maximum absolute atomic E-state index is 14.1. The average molecular weight is 327 g/mol. The van der Waals surface area contributed by atoms with Gasteiger partial charge in [0.15, 0.2) is 0 Å². The zero-order valence-electron chi connectivity index (χ0n) is 12.9. The van der Waals surface area contributed by atoms with Crippen molar-refractivity contribution in [2.45, 2.75) is 0 Å². The molecule has 4 nitrogen and oxygen atoms in total. The van der Waals surface area contributed by atoms with Crippen LogP contribution >= 0.6 is 0 Å². The predicted molar refractivity (Wildman–Crippen MR) is 85.6 cm³/mol. The summed E-state index contributed by atoms with van der Waals surface area (Å²) in [6.45, 7) is 1.66. The van der Waals surface area contributed by atoms with Crippen molar-refractivity contribution in [2.24, 2.45) is 0 Å². The van der Waals surface area contributed by atoms with Gasteiger partial charge in [-0.05, 0) is 30.3 Å². The van der Waals surface area contributed by atoms with Crippen LogP contribution in [-0.4, -0.2) is 37.0 Å². The van der Waals surface area contributed by atoms with Crippen molar-refractivity contribution in [2.75, 3.05) is 31.1 Å². The summed E-state index contributed by atoms with van der Waals surface area (Å²) in [5, 5.41) is 8.78. The Kier molecular flexibility index (Phi) is 4.43. The zero-order chi connectivity index (χ0) is 17.1. The van der Waals surface area contributed by atoms with Gasteiger partial charge >= 0.3 is 0 Å². The number of benzene rings is 2. The Morgan fingerprint density at radius 1 is 1.00 bits per heavy atom. The molecule has 2 aromatic carbocycles. The van der Waals surface area contributed by atoms with Gasteiger partial charge in [0.1, 0.15) is 11.6 Å². The number of nitriles is 1. The number of amides is 1. The van der Waals surface area contributed by atoms with E-state index in [2.05, 4.69) is 0 Å². The van der Waals surface area contributed by atoms with Crippen molar-refractivity contribution >= 4 is 11.6 Å². The summed E-state index contributed by atoms with van der Waals surface area (Å²) in [7, 11) is 0. The summed E-state index contributed by atoms with van der Waals surface area (Å²) in [5.41, 5.74) is 0.729. The van der Waals surface area contributed by atoms with E-state index < -0.39 is 11.6 Å². The molecule has 1 saturated heterocycles. The fraction of sp³-hybridized carbons (Fsp3) is 0.222. The zero-order valence-corrected chi connectivity index (χ0v) is 12.9. The maximum Gasteiger partial charge on any atom is 0.256 e. The topological polar surface area (TPSA) is 47.3 Å². The Hall–Kier alpha value is -2.94. The number of halogens is 2. The van der Waals surface area contributed by atoms with Crippen LogP contribution in [0.4, 0.5) is 14.5 Å². The number of piperazine rings is 1. The molecular weight excluding hydrogens is 312 g/mol. The molecule has 0 spiro atoms. The first kappa shape index (κ1) is 15.9. The van der Waals surface area contributed by atoms with Gasteiger partial charge in [0.25, 0.3) is 5.91 Å². The number of carbonyl (C=O) groups excluding carboxylic acids is 1. The van der Waals surface area contributed by atoms with Crippen LogP contribution in [0, 0.1) is 23.0 Å². The third-order valence-electron chi connectivity index (χ3n) is 4.09. The van der Waals surface area contributed by atoms with Gasteiger partial charge in [-0.1, -0.05) is 12.1 Å². The molecule has 0 aromatic heterocycles. The van der Waals surface area contributed by atoms with Crippen molar-refractivity contribution < 1.29 is 13.6 Å². The number of carbonyl (C=O) groups is 1. The van der Waals surface area contributed by atoms with Gasteiger partial charge < -0.3 is 9.80 Å². The van der Waals surface area contributed by atoms with E-state index in [1.54, 1.807) is 23.1 Å². The van der Waals surface area contributed by atoms with Crippen LogP contribution < -0.4 is 4.90 Å². The van der Waals surface area contributed by atoms with Gasteiger partial charge in [0.05, 0.1) is 22.9 Å². The highest BCUT2D eigenvalue weighted by Gasteiger charge is 2.25. The predicted octanol–water partition coefficient (Wildman–Crippen LogP) is 2.80. The number of hydrogen-bond acceptors (Lipinski definition) is 3. The third kappa shape index (κ3) is 3.06. The van der Waals surface area contributed by atoms with E-state index in [0.29, 0.717) is 31.9 Å². The Balaban J connectivity index is 1.69. The molecule has 3 rings (SSSR count). The van der Waals surface area contributed by atoms with Gasteiger partial charge in [-0.15, -0.1) is 0 Å². The fourth-order valence-electron chi connectivity index (χ4n) is 2.79. The van der Waals surface area contributed by atoms with Gasteiger partial charge in [-0.25, -0.2) is 8.78 Å². The summed E-state index contributed by atoms with van der Waals surface area (Å²) in [5.74, 6) is -1.35. The van der Waals surface area contributed by atoms with Crippen LogP contribution in [0.5, 0.6) is 0 Å². The molecule has 2 aromatic rings. The molecule has 1 amide bonds. The van der Waals surface area contributed by atoms with Crippen LogP contribution in [0.1, 0.15) is 15.9 Å². The Labute approximate surface area is 138 Å². The fourth-order valence-corrected chi connectivity index (χ4v) is 2.79. The van der Waals surface area contributed by atoms with Crippen molar-refractivity contribution in [3.05, 3.63) is 65.2 Å². The van der Waals surface area contributed by atoms with Crippen molar-refractivity contribution in [3.63, 3.8) is 0 Å². The molecule has 1 aliphatic heterocycles. The molecule has 0 bridgehead atoms. The molecule has 1 heterocycles. The Morgan fingerprint density at radius 2 is 1.71 bits per heavy atom. The van der Waals surface area contributed by atoms with E-state index in [1.807, 2.05) is 11.0 Å².